The van der Waals surface area contributed by atoms with E-state index in [0.717, 1.165) is 66.9 Å². The summed E-state index contributed by atoms with van der Waals surface area (Å²) >= 11 is 0. The number of imidazole rings is 1. The van der Waals surface area contributed by atoms with Crippen LogP contribution in [0.3, 0.4) is 0 Å². The van der Waals surface area contributed by atoms with Crippen molar-refractivity contribution < 1.29 is 28.9 Å². The Balaban J connectivity index is 0.00000666. The third-order valence-electron chi connectivity index (χ3n) is 12.5. The molecule has 0 saturated heterocycles. The van der Waals surface area contributed by atoms with Gasteiger partial charge in [-0.25, -0.2) is 4.98 Å². The quantitative estimate of drug-likeness (QED) is 0.154. The van der Waals surface area contributed by atoms with Gasteiger partial charge in [0.1, 0.15) is 11.6 Å². The van der Waals surface area contributed by atoms with Crippen molar-refractivity contribution in [1.82, 2.24) is 14.5 Å². The third kappa shape index (κ3) is 9.57. The number of phenols is 1. The molecule has 0 aliphatic rings. The summed E-state index contributed by atoms with van der Waals surface area (Å²) < 4.78 is 20.6. The Morgan fingerprint density at radius 2 is 1.22 bits per heavy atom. The molecule has 336 valence electrons. The van der Waals surface area contributed by atoms with Gasteiger partial charge in [-0.3, -0.25) is 9.55 Å². The van der Waals surface area contributed by atoms with Gasteiger partial charge in [0.05, 0.1) is 22.3 Å². The zero-order chi connectivity index (χ0) is 47.7. The predicted molar refractivity (Wildman–Crippen MR) is 271 cm³/mol. The van der Waals surface area contributed by atoms with E-state index in [4.69, 9.17) is 9.97 Å². The van der Waals surface area contributed by atoms with Crippen LogP contribution in [0.5, 0.6) is 5.75 Å². The molecule has 65 heavy (non-hydrogen) atoms. The van der Waals surface area contributed by atoms with Crippen LogP contribution in [0.25, 0.3) is 72.7 Å². The third-order valence-corrected chi connectivity index (χ3v) is 12.5. The molecule has 0 radical (unpaired) electrons. The number of aromatic hydroxyl groups is 1. The fraction of sp³-hybridized carbons (Fsp3) is 0.300. The second-order valence-electron chi connectivity index (χ2n) is 20.9. The van der Waals surface area contributed by atoms with E-state index in [-0.39, 0.29) is 43.1 Å². The van der Waals surface area contributed by atoms with E-state index in [0.29, 0.717) is 22.5 Å². The van der Waals surface area contributed by atoms with Gasteiger partial charge < -0.3 is 5.11 Å². The van der Waals surface area contributed by atoms with Crippen LogP contribution in [0.15, 0.2) is 134 Å². The molecule has 2 heterocycles. The molecule has 4 nitrogen and oxygen atoms in total. The molecule has 0 atom stereocenters. The first-order valence-electron chi connectivity index (χ1n) is 23.5. The van der Waals surface area contributed by atoms with Gasteiger partial charge in [0.2, 0.25) is 0 Å². The summed E-state index contributed by atoms with van der Waals surface area (Å²) in [5.41, 5.74) is 15.1. The fourth-order valence-electron chi connectivity index (χ4n) is 8.47. The fourth-order valence-corrected chi connectivity index (χ4v) is 8.47. The van der Waals surface area contributed by atoms with E-state index in [1.165, 1.54) is 11.1 Å². The zero-order valence-electron chi connectivity index (χ0n) is 42.3. The van der Waals surface area contributed by atoms with Crippen LogP contribution in [0.4, 0.5) is 0 Å². The Morgan fingerprint density at radius 1 is 0.569 bits per heavy atom. The number of hydrogen-bond donors (Lipinski definition) is 1. The van der Waals surface area contributed by atoms with Crippen molar-refractivity contribution in [3.05, 3.63) is 167 Å². The Labute approximate surface area is 405 Å². The molecule has 0 bridgehead atoms. The van der Waals surface area contributed by atoms with Crippen LogP contribution in [-0.4, -0.2) is 19.6 Å². The molecule has 0 unspecified atom stereocenters. The first-order chi connectivity index (χ1) is 30.8. The standard InChI is InChI=1S/C60H64N3O.Pt/c1-37(2)42-33-49(38(3)4)56(64)51(34-42)57-62-55-48(43-30-44(32-47(31-43)60(11,12)13)52-35-41(28-29-61-52)39-18-15-14-16-19-39)20-17-21-54(55)63(57)53-27-26-46(59(8,9)10)36-50(53)40-22-24-45(25-23-40)58(5,6)7;/h14-29,31-38,64H,1-13H3;/q-1;/i37D,38D;. The molecule has 0 fully saturated rings. The zero-order valence-corrected chi connectivity index (χ0v) is 42.6. The maximum Gasteiger partial charge on any atom is 0.148 e. The van der Waals surface area contributed by atoms with E-state index < -0.39 is 11.8 Å². The number of aromatic nitrogens is 3. The number of pyridine rings is 1. The SMILES string of the molecule is [2H]C(C)(C)c1cc(-c2nc3c(-c4[c-]c(-c5cc(-c6ccccc6)ccn5)cc(C(C)(C)C)c4)cccc3n2-c2ccc(C(C)(C)C)cc2-c2ccc(C(C)(C)C)cc2)c(O)c(C([2H])(C)C)c1.[Pt]. The minimum absolute atomic E-state index is 0. The Bertz CT molecular complexity index is 3100. The topological polar surface area (TPSA) is 50.9 Å². The Kier molecular flexibility index (Phi) is 12.4. The summed E-state index contributed by atoms with van der Waals surface area (Å²) in [5.74, 6) is -1.69. The number of fused-ring (bicyclic) bond motifs is 1. The average Bonchev–Trinajstić information content (AvgIpc) is 3.64. The summed E-state index contributed by atoms with van der Waals surface area (Å²) in [4.78, 5) is 10.5. The maximum absolute atomic E-state index is 12.4. The van der Waals surface area contributed by atoms with Gasteiger partial charge in [-0.2, -0.15) is 0 Å². The molecule has 0 spiro atoms. The molecule has 0 aliphatic heterocycles. The monoisotopic (exact) mass is 1040 g/mol. The first-order valence-corrected chi connectivity index (χ1v) is 22.5. The Morgan fingerprint density at radius 3 is 1.85 bits per heavy atom. The molecule has 0 saturated carbocycles. The second kappa shape index (κ2) is 18.0. The second-order valence-corrected chi connectivity index (χ2v) is 20.9. The van der Waals surface area contributed by atoms with Gasteiger partial charge in [-0.15, -0.1) is 29.3 Å². The number of benzene rings is 6. The molecule has 8 rings (SSSR count). The summed E-state index contributed by atoms with van der Waals surface area (Å²) in [6, 6.07) is 48.3. The van der Waals surface area contributed by atoms with Crippen LogP contribution in [-0.2, 0) is 37.3 Å². The maximum atomic E-state index is 12.4. The van der Waals surface area contributed by atoms with Crippen molar-refractivity contribution in [2.45, 2.75) is 118 Å². The van der Waals surface area contributed by atoms with Crippen LogP contribution < -0.4 is 0 Å². The van der Waals surface area contributed by atoms with Gasteiger partial charge in [0, 0.05) is 41.3 Å². The molecule has 1 N–H and O–H groups in total. The van der Waals surface area contributed by atoms with Gasteiger partial charge in [-0.1, -0.05) is 186 Å². The van der Waals surface area contributed by atoms with E-state index in [2.05, 4.69) is 176 Å². The molecule has 5 heteroatoms. The van der Waals surface area contributed by atoms with Crippen molar-refractivity contribution in [2.24, 2.45) is 0 Å². The summed E-state index contributed by atoms with van der Waals surface area (Å²) in [6.45, 7) is 27.3. The molecular formula is C60H64N3OPt-. The molecule has 2 aromatic heterocycles. The number of nitrogens with zero attached hydrogens (tertiary/aromatic N) is 3. The normalized spacial score (nSPS) is 13.1. The molecule has 8 aromatic rings. The number of phenolic OH excluding ortho intramolecular Hbond substituents is 1. The molecule has 0 amide bonds. The van der Waals surface area contributed by atoms with Gasteiger partial charge in [0.25, 0.3) is 0 Å². The average molecular weight is 1040 g/mol. The van der Waals surface area contributed by atoms with Crippen LogP contribution in [0.2, 0.25) is 0 Å². The number of rotatable bonds is 8. The predicted octanol–water partition coefficient (Wildman–Crippen LogP) is 16.4. The van der Waals surface area contributed by atoms with E-state index in [9.17, 15) is 7.85 Å². The summed E-state index contributed by atoms with van der Waals surface area (Å²) in [6.07, 6.45) is 1.87. The van der Waals surface area contributed by atoms with E-state index >= 15 is 0 Å². The minimum atomic E-state index is -1.17. The van der Waals surface area contributed by atoms with E-state index in [1.807, 2.05) is 44.3 Å². The van der Waals surface area contributed by atoms with Gasteiger partial charge in [-0.05, 0) is 97.3 Å². The van der Waals surface area contributed by atoms with Gasteiger partial charge >= 0.3 is 0 Å². The van der Waals surface area contributed by atoms with Crippen LogP contribution in [0, 0.1) is 6.07 Å². The van der Waals surface area contributed by atoms with Crippen molar-refractivity contribution in [2.75, 3.05) is 0 Å². The largest absolute Gasteiger partial charge is 0.507 e. The van der Waals surface area contributed by atoms with Crippen molar-refractivity contribution in [3.63, 3.8) is 0 Å². The Hall–Kier alpha value is -5.57. The van der Waals surface area contributed by atoms with Crippen molar-refractivity contribution >= 4 is 11.0 Å². The summed E-state index contributed by atoms with van der Waals surface area (Å²) in [7, 11) is 0. The summed E-state index contributed by atoms with van der Waals surface area (Å²) in [5, 5.41) is 12.4. The van der Waals surface area contributed by atoms with Gasteiger partial charge in [0.15, 0.2) is 0 Å². The molecular weight excluding hydrogens is 974 g/mol. The number of hydrogen-bond acceptors (Lipinski definition) is 3. The molecule has 0 aliphatic carbocycles. The van der Waals surface area contributed by atoms with Crippen LogP contribution >= 0.6 is 0 Å². The van der Waals surface area contributed by atoms with Crippen molar-refractivity contribution in [1.29, 1.82) is 0 Å². The van der Waals surface area contributed by atoms with E-state index in [1.54, 1.807) is 13.8 Å². The number of para-hydroxylation sites is 1. The van der Waals surface area contributed by atoms with Crippen LogP contribution in [0.1, 0.15) is 132 Å². The smallest absolute Gasteiger partial charge is 0.148 e. The minimum Gasteiger partial charge on any atom is -0.507 e. The molecule has 6 aromatic carbocycles. The first kappa shape index (κ1) is 44.6. The van der Waals surface area contributed by atoms with Crippen molar-refractivity contribution in [3.8, 4) is 67.5 Å².